The van der Waals surface area contributed by atoms with Crippen molar-refractivity contribution >= 4 is 0 Å². The Morgan fingerprint density at radius 3 is 1.42 bits per heavy atom. The van der Waals surface area contributed by atoms with Gasteiger partial charge in [0.2, 0.25) is 0 Å². The molecule has 0 unspecified atom stereocenters. The molecule has 1 aliphatic rings. The van der Waals surface area contributed by atoms with E-state index in [-0.39, 0.29) is 5.41 Å². The van der Waals surface area contributed by atoms with Crippen LogP contribution in [-0.2, 0) is 5.41 Å². The average Bonchev–Trinajstić information content (AvgIpc) is 3.43. The summed E-state index contributed by atoms with van der Waals surface area (Å²) in [5.74, 6) is 2.60. The van der Waals surface area contributed by atoms with Crippen molar-refractivity contribution in [2.75, 3.05) is 0 Å². The largest absolute Gasteiger partial charge is 0.233 e. The lowest BCUT2D eigenvalue weighted by molar-refractivity contribution is 0.660. The van der Waals surface area contributed by atoms with Crippen molar-refractivity contribution in [2.24, 2.45) is 0 Å². The highest BCUT2D eigenvalue weighted by atomic mass is 15.0. The summed E-state index contributed by atoms with van der Waals surface area (Å²) in [6.45, 7) is 8.65. The average molecular weight is 684 g/mol. The Kier molecular flexibility index (Phi) is 7.85. The molecule has 0 aliphatic heterocycles. The second kappa shape index (κ2) is 12.9. The predicted octanol–water partition coefficient (Wildman–Crippen LogP) is 11.6. The van der Waals surface area contributed by atoms with Gasteiger partial charge in [0.1, 0.15) is 0 Å². The van der Waals surface area contributed by atoms with E-state index in [4.69, 9.17) is 24.9 Å². The van der Waals surface area contributed by atoms with E-state index in [0.717, 1.165) is 61.7 Å². The lowest BCUT2D eigenvalue weighted by Gasteiger charge is -2.21. The van der Waals surface area contributed by atoms with E-state index >= 15 is 0 Å². The third-order valence-electron chi connectivity index (χ3n) is 10.2. The second-order valence-electron chi connectivity index (χ2n) is 14.3. The summed E-state index contributed by atoms with van der Waals surface area (Å²) in [4.78, 5) is 24.7. The fraction of sp³-hybridized carbons (Fsp3) is 0.104. The molecule has 0 bridgehead atoms. The molecule has 0 fully saturated rings. The van der Waals surface area contributed by atoms with Gasteiger partial charge < -0.3 is 0 Å². The highest BCUT2D eigenvalue weighted by molar-refractivity contribution is 5.87. The number of benzene rings is 6. The molecule has 0 saturated heterocycles. The lowest BCUT2D eigenvalue weighted by atomic mass is 9.82. The van der Waals surface area contributed by atoms with Crippen LogP contribution in [0.5, 0.6) is 0 Å². The minimum Gasteiger partial charge on any atom is -0.233 e. The number of nitrogens with zero attached hydrogens (tertiary/aromatic N) is 5. The van der Waals surface area contributed by atoms with Gasteiger partial charge in [-0.1, -0.05) is 129 Å². The van der Waals surface area contributed by atoms with Crippen molar-refractivity contribution in [3.8, 4) is 78.9 Å². The number of fused-ring (bicyclic) bond motifs is 3. The fourth-order valence-electron chi connectivity index (χ4n) is 7.62. The topological polar surface area (TPSA) is 64.5 Å². The molecule has 6 aromatic carbocycles. The minimum absolute atomic E-state index is 0.0688. The number of hydrogen-bond acceptors (Lipinski definition) is 5. The van der Waals surface area contributed by atoms with Crippen molar-refractivity contribution in [2.45, 2.75) is 33.1 Å². The first-order valence-corrected chi connectivity index (χ1v) is 18.0. The van der Waals surface area contributed by atoms with E-state index in [2.05, 4.69) is 98.8 Å². The first-order chi connectivity index (χ1) is 25.8. The van der Waals surface area contributed by atoms with Gasteiger partial charge in [-0.15, -0.1) is 0 Å². The first kappa shape index (κ1) is 32.3. The molecule has 254 valence electrons. The Bertz CT molecular complexity index is 2590. The molecule has 8 aromatic rings. The third kappa shape index (κ3) is 6.00. The summed E-state index contributed by atoms with van der Waals surface area (Å²) in [6.07, 6.45) is 0. The van der Waals surface area contributed by atoms with Gasteiger partial charge in [-0.2, -0.15) is 0 Å². The Labute approximate surface area is 310 Å². The van der Waals surface area contributed by atoms with E-state index in [1.807, 2.05) is 80.6 Å². The van der Waals surface area contributed by atoms with Crippen LogP contribution in [0.2, 0.25) is 0 Å². The van der Waals surface area contributed by atoms with Crippen molar-refractivity contribution in [1.82, 2.24) is 24.9 Å². The summed E-state index contributed by atoms with van der Waals surface area (Å²) >= 11 is 0. The molecule has 1 aliphatic carbocycles. The van der Waals surface area contributed by atoms with Crippen molar-refractivity contribution in [3.63, 3.8) is 0 Å². The summed E-state index contributed by atoms with van der Waals surface area (Å²) < 4.78 is 0. The van der Waals surface area contributed by atoms with Gasteiger partial charge in [-0.05, 0) is 94.8 Å². The van der Waals surface area contributed by atoms with Crippen LogP contribution in [0.25, 0.3) is 78.9 Å². The maximum Gasteiger partial charge on any atom is 0.164 e. The maximum atomic E-state index is 5.12. The minimum atomic E-state index is -0.0688. The van der Waals surface area contributed by atoms with Crippen LogP contribution < -0.4 is 0 Å². The summed E-state index contributed by atoms with van der Waals surface area (Å²) in [5, 5.41) is 0. The normalized spacial score (nSPS) is 12.7. The van der Waals surface area contributed by atoms with Gasteiger partial charge in [0, 0.05) is 39.1 Å². The van der Waals surface area contributed by atoms with Gasteiger partial charge in [0.15, 0.2) is 23.3 Å². The SMILES string of the molecule is Cc1cc(C)nc(-c2cccc(-c3cc(-c4ccc5c(c4)-c4ccccc4C5(C)C)cc(-c4nc(-c5ccccc5)nc(-c5ccccc5)n4)c3)c2)n1. The van der Waals surface area contributed by atoms with Gasteiger partial charge in [0.05, 0.1) is 0 Å². The van der Waals surface area contributed by atoms with Gasteiger partial charge in [0.25, 0.3) is 0 Å². The van der Waals surface area contributed by atoms with Crippen molar-refractivity contribution in [1.29, 1.82) is 0 Å². The van der Waals surface area contributed by atoms with Crippen LogP contribution in [0, 0.1) is 13.8 Å². The molecule has 0 N–H and O–H groups in total. The highest BCUT2D eigenvalue weighted by Crippen LogP contribution is 2.49. The molecule has 2 heterocycles. The zero-order chi connectivity index (χ0) is 36.1. The Morgan fingerprint density at radius 1 is 0.321 bits per heavy atom. The quantitative estimate of drug-likeness (QED) is 0.175. The Balaban J connectivity index is 1.26. The fourth-order valence-corrected chi connectivity index (χ4v) is 7.62. The molecular weight excluding hydrogens is 647 g/mol. The predicted molar refractivity (Wildman–Crippen MR) is 215 cm³/mol. The number of hydrogen-bond donors (Lipinski definition) is 0. The lowest BCUT2D eigenvalue weighted by Crippen LogP contribution is -2.14. The first-order valence-electron chi connectivity index (χ1n) is 18.0. The molecule has 0 amide bonds. The van der Waals surface area contributed by atoms with Crippen LogP contribution in [0.3, 0.4) is 0 Å². The second-order valence-corrected chi connectivity index (χ2v) is 14.3. The molecule has 0 radical (unpaired) electrons. The summed E-state index contributed by atoms with van der Waals surface area (Å²) in [7, 11) is 0. The van der Waals surface area contributed by atoms with Crippen LogP contribution in [0.15, 0.2) is 152 Å². The zero-order valence-electron chi connectivity index (χ0n) is 30.2. The molecule has 5 heteroatoms. The molecule has 0 saturated carbocycles. The highest BCUT2D eigenvalue weighted by Gasteiger charge is 2.35. The molecule has 2 aromatic heterocycles. The van der Waals surface area contributed by atoms with E-state index in [0.29, 0.717) is 17.5 Å². The van der Waals surface area contributed by atoms with Gasteiger partial charge in [-0.3, -0.25) is 0 Å². The van der Waals surface area contributed by atoms with E-state index < -0.39 is 0 Å². The molecular formula is C48H37N5. The smallest absolute Gasteiger partial charge is 0.164 e. The molecule has 53 heavy (non-hydrogen) atoms. The van der Waals surface area contributed by atoms with Crippen LogP contribution >= 0.6 is 0 Å². The summed E-state index contributed by atoms with van der Waals surface area (Å²) in [6, 6.07) is 53.1. The van der Waals surface area contributed by atoms with Gasteiger partial charge >= 0.3 is 0 Å². The van der Waals surface area contributed by atoms with E-state index in [9.17, 15) is 0 Å². The number of rotatable bonds is 6. The zero-order valence-corrected chi connectivity index (χ0v) is 30.2. The number of aryl methyl sites for hydroxylation is 2. The standard InChI is InChI=1S/C48H37N5/c1-30-24-31(2)50-46(49-30)36-19-13-18-34(25-36)37-26-38(35-22-23-43-41(29-35)40-20-11-12-21-42(40)48(43,3)4)28-39(27-37)47-52-44(32-14-7-5-8-15-32)51-45(53-47)33-16-9-6-10-17-33/h5-29H,1-4H3. The van der Waals surface area contributed by atoms with E-state index in [1.165, 1.54) is 22.3 Å². The third-order valence-corrected chi connectivity index (χ3v) is 10.2. The summed E-state index contributed by atoms with van der Waals surface area (Å²) in [5.41, 5.74) is 15.2. The molecule has 5 nitrogen and oxygen atoms in total. The Morgan fingerprint density at radius 2 is 0.774 bits per heavy atom. The van der Waals surface area contributed by atoms with Gasteiger partial charge in [-0.25, -0.2) is 24.9 Å². The van der Waals surface area contributed by atoms with Crippen molar-refractivity contribution in [3.05, 3.63) is 174 Å². The van der Waals surface area contributed by atoms with Crippen LogP contribution in [0.4, 0.5) is 0 Å². The molecule has 0 spiro atoms. The van der Waals surface area contributed by atoms with Crippen LogP contribution in [0.1, 0.15) is 36.4 Å². The van der Waals surface area contributed by atoms with E-state index in [1.54, 1.807) is 0 Å². The van der Waals surface area contributed by atoms with Crippen LogP contribution in [-0.4, -0.2) is 24.9 Å². The maximum absolute atomic E-state index is 5.12. The Hall–Kier alpha value is -6.59. The monoisotopic (exact) mass is 683 g/mol. The van der Waals surface area contributed by atoms with Crippen molar-refractivity contribution < 1.29 is 0 Å². The number of aromatic nitrogens is 5. The molecule has 9 rings (SSSR count). The molecule has 0 atom stereocenters.